The van der Waals surface area contributed by atoms with Gasteiger partial charge in [-0.3, -0.25) is 9.69 Å². The summed E-state index contributed by atoms with van der Waals surface area (Å²) in [5, 5.41) is 16.0. The van der Waals surface area contributed by atoms with Crippen molar-refractivity contribution in [1.29, 1.82) is 0 Å². The first-order chi connectivity index (χ1) is 17.0. The fraction of sp³-hybridized carbons (Fsp3) is 0.462. The van der Waals surface area contributed by atoms with Gasteiger partial charge in [-0.05, 0) is 64.6 Å². The number of ether oxygens (including phenoxy) is 1. The van der Waals surface area contributed by atoms with Crippen LogP contribution in [0.2, 0.25) is 0 Å². The number of nitrogens with zero attached hydrogens (tertiary/aromatic N) is 5. The zero-order valence-electron chi connectivity index (χ0n) is 20.5. The summed E-state index contributed by atoms with van der Waals surface area (Å²) in [4.78, 5) is 19.8. The second-order valence-electron chi connectivity index (χ2n) is 9.69. The molecule has 0 unspecified atom stereocenters. The third-order valence-corrected chi connectivity index (χ3v) is 7.59. The molecule has 9 heteroatoms. The fourth-order valence-corrected chi connectivity index (χ4v) is 5.77. The summed E-state index contributed by atoms with van der Waals surface area (Å²) in [5.74, 6) is 1.05. The Morgan fingerprint density at radius 2 is 2.14 bits per heavy atom. The van der Waals surface area contributed by atoms with Crippen molar-refractivity contribution in [3.8, 4) is 0 Å². The van der Waals surface area contributed by atoms with Gasteiger partial charge >= 0.3 is 0 Å². The van der Waals surface area contributed by atoms with E-state index >= 15 is 0 Å². The zero-order valence-corrected chi connectivity index (χ0v) is 21.3. The molecule has 184 valence electrons. The molecule has 1 aliphatic rings. The average Bonchev–Trinajstić information content (AvgIpc) is 3.60. The lowest BCUT2D eigenvalue weighted by Crippen LogP contribution is -2.35. The van der Waals surface area contributed by atoms with Crippen molar-refractivity contribution in [2.45, 2.75) is 65.4 Å². The van der Waals surface area contributed by atoms with Gasteiger partial charge in [-0.15, -0.1) is 16.4 Å². The van der Waals surface area contributed by atoms with Gasteiger partial charge in [0, 0.05) is 30.1 Å². The number of aromatic nitrogens is 5. The molecular formula is C26H32N6O2S. The number of benzene rings is 1. The first-order valence-corrected chi connectivity index (χ1v) is 13.1. The molecule has 1 aromatic carbocycles. The molecule has 0 aliphatic carbocycles. The monoisotopic (exact) mass is 492 g/mol. The van der Waals surface area contributed by atoms with Crippen LogP contribution in [0.4, 0.5) is 0 Å². The maximum absolute atomic E-state index is 13.2. The third kappa shape index (κ3) is 5.22. The van der Waals surface area contributed by atoms with Gasteiger partial charge in [0.2, 0.25) is 0 Å². The van der Waals surface area contributed by atoms with Crippen LogP contribution in [-0.4, -0.2) is 42.8 Å². The largest absolute Gasteiger partial charge is 0.376 e. The number of hydrogen-bond donors (Lipinski definition) is 1. The number of hydrogen-bond acceptors (Lipinski definition) is 7. The molecule has 3 aromatic heterocycles. The lowest BCUT2D eigenvalue weighted by Gasteiger charge is -2.33. The van der Waals surface area contributed by atoms with E-state index in [0.717, 1.165) is 47.3 Å². The van der Waals surface area contributed by atoms with Crippen LogP contribution in [0.25, 0.3) is 10.9 Å². The lowest BCUT2D eigenvalue weighted by atomic mass is 10.00. The van der Waals surface area contributed by atoms with Gasteiger partial charge in [-0.1, -0.05) is 38.1 Å². The molecule has 0 bridgehead atoms. The van der Waals surface area contributed by atoms with Crippen LogP contribution in [-0.2, 0) is 24.4 Å². The van der Waals surface area contributed by atoms with Gasteiger partial charge in [0.1, 0.15) is 0 Å². The topological polar surface area (TPSA) is 88.9 Å². The molecule has 2 atom stereocenters. The fourth-order valence-electron chi connectivity index (χ4n) is 5.04. The molecular weight excluding hydrogens is 460 g/mol. The second kappa shape index (κ2) is 10.4. The molecule has 1 aliphatic heterocycles. The maximum atomic E-state index is 13.2. The van der Waals surface area contributed by atoms with Crippen LogP contribution in [0.1, 0.15) is 54.6 Å². The molecule has 4 heterocycles. The van der Waals surface area contributed by atoms with Crippen LogP contribution in [0.15, 0.2) is 46.6 Å². The Labute approximate surface area is 208 Å². The summed E-state index contributed by atoms with van der Waals surface area (Å²) in [6.07, 6.45) is 2.24. The quantitative estimate of drug-likeness (QED) is 0.371. The van der Waals surface area contributed by atoms with Gasteiger partial charge in [0.25, 0.3) is 5.56 Å². The van der Waals surface area contributed by atoms with E-state index in [4.69, 9.17) is 4.74 Å². The number of thiophene rings is 1. The predicted molar refractivity (Wildman–Crippen MR) is 137 cm³/mol. The normalized spacial score (nSPS) is 17.1. The third-order valence-electron chi connectivity index (χ3n) is 6.73. The molecule has 0 radical (unpaired) electrons. The van der Waals surface area contributed by atoms with Crippen molar-refractivity contribution in [2.24, 2.45) is 5.92 Å². The zero-order chi connectivity index (χ0) is 24.4. The first-order valence-electron chi connectivity index (χ1n) is 12.2. The summed E-state index contributed by atoms with van der Waals surface area (Å²) >= 11 is 1.72. The van der Waals surface area contributed by atoms with Crippen LogP contribution in [0.3, 0.4) is 0 Å². The number of pyridine rings is 1. The average molecular weight is 493 g/mol. The Hall–Kier alpha value is -2.88. The molecule has 0 saturated carbocycles. The molecule has 5 rings (SSSR count). The van der Waals surface area contributed by atoms with Crippen LogP contribution in [0.5, 0.6) is 0 Å². The van der Waals surface area contributed by atoms with Crippen molar-refractivity contribution in [3.63, 3.8) is 0 Å². The van der Waals surface area contributed by atoms with Crippen LogP contribution < -0.4 is 5.56 Å². The minimum atomic E-state index is -0.0684. The maximum Gasteiger partial charge on any atom is 0.252 e. The Kier molecular flexibility index (Phi) is 7.08. The van der Waals surface area contributed by atoms with Crippen molar-refractivity contribution in [3.05, 3.63) is 74.0 Å². The van der Waals surface area contributed by atoms with E-state index in [1.54, 1.807) is 11.3 Å². The van der Waals surface area contributed by atoms with Crippen molar-refractivity contribution >= 4 is 22.2 Å². The highest BCUT2D eigenvalue weighted by atomic mass is 32.1. The number of rotatable bonds is 9. The highest BCUT2D eigenvalue weighted by Crippen LogP contribution is 2.31. The number of tetrazole rings is 1. The van der Waals surface area contributed by atoms with Gasteiger partial charge < -0.3 is 9.72 Å². The minimum Gasteiger partial charge on any atom is -0.376 e. The molecule has 1 N–H and O–H groups in total. The molecule has 35 heavy (non-hydrogen) atoms. The summed E-state index contributed by atoms with van der Waals surface area (Å²) in [6.45, 7) is 9.03. The SMILES string of the molecule is Cc1cccc2cc(CN(Cc3cccs3)[C@@H](c3nnnn3C[C@@H]3CCCO3)C(C)C)c(=O)[nH]c12. The van der Waals surface area contributed by atoms with Crippen molar-refractivity contribution < 1.29 is 4.74 Å². The summed E-state index contributed by atoms with van der Waals surface area (Å²) in [7, 11) is 0. The van der Waals surface area contributed by atoms with Crippen molar-refractivity contribution in [2.75, 3.05) is 6.61 Å². The van der Waals surface area contributed by atoms with Gasteiger partial charge in [0.15, 0.2) is 5.82 Å². The summed E-state index contributed by atoms with van der Waals surface area (Å²) < 4.78 is 7.75. The predicted octanol–water partition coefficient (Wildman–Crippen LogP) is 4.46. The van der Waals surface area contributed by atoms with E-state index < -0.39 is 0 Å². The Morgan fingerprint density at radius 1 is 1.26 bits per heavy atom. The Bertz CT molecular complexity index is 1320. The summed E-state index contributed by atoms with van der Waals surface area (Å²) in [5.41, 5.74) is 2.65. The second-order valence-corrected chi connectivity index (χ2v) is 10.7. The highest BCUT2D eigenvalue weighted by molar-refractivity contribution is 7.09. The number of H-pyrrole nitrogens is 1. The minimum absolute atomic E-state index is 0.0515. The van der Waals surface area contributed by atoms with Gasteiger partial charge in [0.05, 0.1) is 24.2 Å². The number of para-hydroxylation sites is 1. The lowest BCUT2D eigenvalue weighted by molar-refractivity contribution is 0.0853. The van der Waals surface area contributed by atoms with E-state index in [2.05, 4.69) is 56.8 Å². The molecule has 1 saturated heterocycles. The molecule has 4 aromatic rings. The van der Waals surface area contributed by atoms with Crippen LogP contribution >= 0.6 is 11.3 Å². The van der Waals surface area contributed by atoms with E-state index in [1.165, 1.54) is 4.88 Å². The van der Waals surface area contributed by atoms with Gasteiger partial charge in [-0.25, -0.2) is 4.68 Å². The number of aromatic amines is 1. The molecule has 0 spiro atoms. The number of fused-ring (bicyclic) bond motifs is 1. The molecule has 8 nitrogen and oxygen atoms in total. The standard InChI is InChI=1S/C26H32N6O2S/c1-17(2)24(25-28-29-30-32(25)15-21-9-5-11-34-21)31(16-22-10-6-12-35-22)14-20-13-19-8-4-7-18(3)23(19)27-26(20)33/h4,6-8,10,12-13,17,21,24H,5,9,11,14-16H2,1-3H3,(H,27,33)/t21-,24+/m0/s1. The molecule has 0 amide bonds. The van der Waals surface area contributed by atoms with Crippen LogP contribution in [0, 0.1) is 12.8 Å². The van der Waals surface area contributed by atoms with E-state index in [0.29, 0.717) is 19.6 Å². The van der Waals surface area contributed by atoms with E-state index in [9.17, 15) is 4.79 Å². The highest BCUT2D eigenvalue weighted by Gasteiger charge is 2.31. The van der Waals surface area contributed by atoms with Crippen molar-refractivity contribution in [1.82, 2.24) is 30.1 Å². The summed E-state index contributed by atoms with van der Waals surface area (Å²) in [6, 6.07) is 12.3. The Balaban J connectivity index is 1.52. The molecule has 1 fully saturated rings. The number of aryl methyl sites for hydroxylation is 1. The Morgan fingerprint density at radius 3 is 2.89 bits per heavy atom. The number of nitrogens with one attached hydrogen (secondary N) is 1. The van der Waals surface area contributed by atoms with Gasteiger partial charge in [-0.2, -0.15) is 0 Å². The van der Waals surface area contributed by atoms with E-state index in [-0.39, 0.29) is 23.6 Å². The van der Waals surface area contributed by atoms with E-state index in [1.807, 2.05) is 35.9 Å². The smallest absolute Gasteiger partial charge is 0.252 e. The first kappa shape index (κ1) is 23.8.